The van der Waals surface area contributed by atoms with E-state index in [2.05, 4.69) is 4.98 Å². The number of aryl methyl sites for hydroxylation is 1. The molecule has 1 atom stereocenters. The third-order valence-corrected chi connectivity index (χ3v) is 4.44. The zero-order valence-corrected chi connectivity index (χ0v) is 14.1. The molecule has 2 aromatic carbocycles. The number of H-pyrrole nitrogens is 1. The second-order valence-electron chi connectivity index (χ2n) is 6.26. The number of nitro groups is 1. The number of fused-ring (bicyclic) bond motifs is 1. The number of hydrogen-bond acceptors (Lipinski definition) is 3. The number of nitrogens with one attached hydrogen (secondary N) is 1. The normalized spacial score (nSPS) is 12.3. The number of anilines is 1. The monoisotopic (exact) mass is 323 g/mol. The minimum absolute atomic E-state index is 0.121. The van der Waals surface area contributed by atoms with Crippen molar-refractivity contribution < 1.29 is 4.92 Å². The molecule has 0 aliphatic rings. The number of benzene rings is 2. The molecule has 1 heterocycles. The molecule has 3 rings (SSSR count). The Bertz CT molecular complexity index is 866. The predicted octanol–water partition coefficient (Wildman–Crippen LogP) is 3.95. The lowest BCUT2D eigenvalue weighted by molar-refractivity contribution is -0.481. The minimum atomic E-state index is -0.271. The first-order valence-corrected chi connectivity index (χ1v) is 7.93. The van der Waals surface area contributed by atoms with Crippen LogP contribution in [0.15, 0.2) is 48.5 Å². The molecule has 0 spiro atoms. The summed E-state index contributed by atoms with van der Waals surface area (Å²) in [4.78, 5) is 16.4. The summed E-state index contributed by atoms with van der Waals surface area (Å²) < 4.78 is 0. The molecule has 3 aromatic rings. The van der Waals surface area contributed by atoms with E-state index in [-0.39, 0.29) is 17.4 Å². The van der Waals surface area contributed by atoms with Gasteiger partial charge in [0.2, 0.25) is 6.54 Å². The minimum Gasteiger partial charge on any atom is -0.378 e. The zero-order chi connectivity index (χ0) is 17.3. The van der Waals surface area contributed by atoms with E-state index in [1.165, 1.54) is 0 Å². The van der Waals surface area contributed by atoms with Gasteiger partial charge < -0.3 is 9.88 Å². The Labute approximate surface area is 141 Å². The largest absolute Gasteiger partial charge is 0.378 e. The smallest absolute Gasteiger partial charge is 0.214 e. The van der Waals surface area contributed by atoms with Crippen LogP contribution in [0.5, 0.6) is 0 Å². The molecular weight excluding hydrogens is 302 g/mol. The Balaban J connectivity index is 2.12. The molecular formula is C19H21N3O2. The summed E-state index contributed by atoms with van der Waals surface area (Å²) in [6.07, 6.45) is 0. The van der Waals surface area contributed by atoms with Crippen molar-refractivity contribution in [3.63, 3.8) is 0 Å². The van der Waals surface area contributed by atoms with Gasteiger partial charge in [0.25, 0.3) is 0 Å². The molecule has 0 saturated carbocycles. The van der Waals surface area contributed by atoms with E-state index in [9.17, 15) is 10.1 Å². The number of rotatable bonds is 5. The van der Waals surface area contributed by atoms with Crippen LogP contribution < -0.4 is 4.90 Å². The molecule has 5 heteroatoms. The van der Waals surface area contributed by atoms with Crippen LogP contribution in [-0.4, -0.2) is 30.5 Å². The lowest BCUT2D eigenvalue weighted by atomic mass is 9.89. The van der Waals surface area contributed by atoms with Crippen molar-refractivity contribution in [1.82, 2.24) is 4.98 Å². The van der Waals surface area contributed by atoms with Gasteiger partial charge in [0, 0.05) is 41.3 Å². The first kappa shape index (κ1) is 16.1. The summed E-state index contributed by atoms with van der Waals surface area (Å²) in [5.74, 6) is -0.271. The Kier molecular flexibility index (Phi) is 4.25. The zero-order valence-electron chi connectivity index (χ0n) is 14.1. The van der Waals surface area contributed by atoms with Crippen LogP contribution in [-0.2, 0) is 0 Å². The van der Waals surface area contributed by atoms with Crippen molar-refractivity contribution in [2.75, 3.05) is 25.5 Å². The van der Waals surface area contributed by atoms with Gasteiger partial charge in [-0.15, -0.1) is 0 Å². The van der Waals surface area contributed by atoms with Gasteiger partial charge in [-0.3, -0.25) is 10.1 Å². The van der Waals surface area contributed by atoms with E-state index in [0.29, 0.717) is 0 Å². The second kappa shape index (κ2) is 6.35. The Hall–Kier alpha value is -2.82. The molecule has 0 amide bonds. The Morgan fingerprint density at radius 2 is 1.79 bits per heavy atom. The van der Waals surface area contributed by atoms with Crippen molar-refractivity contribution in [3.05, 3.63) is 75.5 Å². The van der Waals surface area contributed by atoms with Crippen LogP contribution in [0.4, 0.5) is 5.69 Å². The van der Waals surface area contributed by atoms with Crippen LogP contribution in [0.25, 0.3) is 10.9 Å². The van der Waals surface area contributed by atoms with Gasteiger partial charge >= 0.3 is 0 Å². The highest BCUT2D eigenvalue weighted by atomic mass is 16.6. The Morgan fingerprint density at radius 1 is 1.12 bits per heavy atom. The third-order valence-electron chi connectivity index (χ3n) is 4.44. The maximum absolute atomic E-state index is 11.3. The summed E-state index contributed by atoms with van der Waals surface area (Å²) in [5, 5.41) is 12.3. The molecule has 0 aliphatic heterocycles. The molecule has 0 bridgehead atoms. The van der Waals surface area contributed by atoms with Crippen LogP contribution >= 0.6 is 0 Å². The van der Waals surface area contributed by atoms with Gasteiger partial charge in [0.1, 0.15) is 0 Å². The van der Waals surface area contributed by atoms with Gasteiger partial charge in [0.05, 0.1) is 5.92 Å². The van der Waals surface area contributed by atoms with Gasteiger partial charge in [-0.25, -0.2) is 0 Å². The Morgan fingerprint density at radius 3 is 2.42 bits per heavy atom. The van der Waals surface area contributed by atoms with Gasteiger partial charge in [0.15, 0.2) is 0 Å². The lowest BCUT2D eigenvalue weighted by Crippen LogP contribution is -2.15. The highest BCUT2D eigenvalue weighted by Gasteiger charge is 2.25. The van der Waals surface area contributed by atoms with Crippen molar-refractivity contribution in [3.8, 4) is 0 Å². The number of aromatic amines is 1. The third kappa shape index (κ3) is 2.97. The predicted molar refractivity (Wildman–Crippen MR) is 97.5 cm³/mol. The molecule has 1 aromatic heterocycles. The molecule has 0 radical (unpaired) electrons. The van der Waals surface area contributed by atoms with Crippen molar-refractivity contribution >= 4 is 16.6 Å². The summed E-state index contributed by atoms with van der Waals surface area (Å²) in [6.45, 7) is 1.86. The summed E-state index contributed by atoms with van der Waals surface area (Å²) >= 11 is 0. The fraction of sp³-hybridized carbons (Fsp3) is 0.263. The van der Waals surface area contributed by atoms with Crippen LogP contribution in [0, 0.1) is 17.0 Å². The van der Waals surface area contributed by atoms with E-state index in [1.807, 2.05) is 74.4 Å². The van der Waals surface area contributed by atoms with E-state index in [4.69, 9.17) is 0 Å². The fourth-order valence-electron chi connectivity index (χ4n) is 3.26. The first-order valence-electron chi connectivity index (χ1n) is 7.93. The first-order chi connectivity index (χ1) is 11.5. The number of para-hydroxylation sites is 1. The van der Waals surface area contributed by atoms with Gasteiger partial charge in [-0.05, 0) is 36.2 Å². The maximum atomic E-state index is 11.3. The van der Waals surface area contributed by atoms with E-state index in [0.717, 1.165) is 33.4 Å². The van der Waals surface area contributed by atoms with Crippen molar-refractivity contribution in [2.45, 2.75) is 12.8 Å². The van der Waals surface area contributed by atoms with Crippen molar-refractivity contribution in [2.24, 2.45) is 0 Å². The number of hydrogen-bond donors (Lipinski definition) is 1. The SMILES string of the molecule is Cc1[nH]c2ccccc2c1[C@H](C[N+](=O)[O-])c1ccc(N(C)C)cc1. The molecule has 24 heavy (non-hydrogen) atoms. The lowest BCUT2D eigenvalue weighted by Gasteiger charge is -2.17. The maximum Gasteiger partial charge on any atom is 0.214 e. The van der Waals surface area contributed by atoms with Crippen molar-refractivity contribution in [1.29, 1.82) is 0 Å². The molecule has 0 saturated heterocycles. The summed E-state index contributed by atoms with van der Waals surface area (Å²) in [5.41, 5.74) is 5.06. The van der Waals surface area contributed by atoms with E-state index >= 15 is 0 Å². The molecule has 0 unspecified atom stereocenters. The average Bonchev–Trinajstić information content (AvgIpc) is 2.88. The molecule has 0 aliphatic carbocycles. The van der Waals surface area contributed by atoms with E-state index < -0.39 is 0 Å². The standard InChI is InChI=1S/C19H21N3O2/c1-13-19(16-6-4-5-7-18(16)20-13)17(12-22(23)24)14-8-10-15(11-9-14)21(2)3/h4-11,17,20H,12H2,1-3H3/t17-/m1/s1. The molecule has 1 N–H and O–H groups in total. The second-order valence-corrected chi connectivity index (χ2v) is 6.26. The topological polar surface area (TPSA) is 62.2 Å². The van der Waals surface area contributed by atoms with Crippen LogP contribution in [0.3, 0.4) is 0 Å². The van der Waals surface area contributed by atoms with Gasteiger partial charge in [-0.1, -0.05) is 30.3 Å². The molecule has 5 nitrogen and oxygen atoms in total. The van der Waals surface area contributed by atoms with Gasteiger partial charge in [-0.2, -0.15) is 0 Å². The average molecular weight is 323 g/mol. The van der Waals surface area contributed by atoms with Crippen LogP contribution in [0.2, 0.25) is 0 Å². The fourth-order valence-corrected chi connectivity index (χ4v) is 3.26. The summed E-state index contributed by atoms with van der Waals surface area (Å²) in [7, 11) is 3.96. The highest BCUT2D eigenvalue weighted by molar-refractivity contribution is 5.85. The quantitative estimate of drug-likeness (QED) is 0.571. The van der Waals surface area contributed by atoms with Crippen LogP contribution in [0.1, 0.15) is 22.7 Å². The molecule has 0 fully saturated rings. The molecule has 124 valence electrons. The summed E-state index contributed by atoms with van der Waals surface area (Å²) in [6, 6.07) is 16.0. The van der Waals surface area contributed by atoms with E-state index in [1.54, 1.807) is 0 Å². The number of nitrogens with zero attached hydrogens (tertiary/aromatic N) is 2. The number of aromatic nitrogens is 1. The highest BCUT2D eigenvalue weighted by Crippen LogP contribution is 2.34.